The van der Waals surface area contributed by atoms with E-state index in [2.05, 4.69) is 0 Å². The number of hydrogen-bond acceptors (Lipinski definition) is 2. The monoisotopic (exact) mass is 370 g/mol. The third-order valence-electron chi connectivity index (χ3n) is 4.42. The van der Waals surface area contributed by atoms with E-state index in [9.17, 15) is 4.57 Å². The molecule has 0 amide bonds. The van der Waals surface area contributed by atoms with Crippen LogP contribution in [0, 0.1) is 0 Å². The lowest BCUT2D eigenvalue weighted by Crippen LogP contribution is -2.25. The molecule has 27 heavy (non-hydrogen) atoms. The molecule has 4 aromatic rings. The molecular weight excluding hydrogens is 351 g/mol. The SMILES string of the molecule is O=P(c1ccccc1)(c1ccccc1)c1ccccc1Oc1ccccc1. The molecule has 0 aliphatic heterocycles. The molecule has 0 aromatic heterocycles. The zero-order chi connectivity index (χ0) is 18.5. The van der Waals surface area contributed by atoms with Gasteiger partial charge >= 0.3 is 0 Å². The van der Waals surface area contributed by atoms with E-state index in [0.29, 0.717) is 11.1 Å². The molecule has 0 aliphatic rings. The maximum Gasteiger partial charge on any atom is 0.174 e. The van der Waals surface area contributed by atoms with Gasteiger partial charge in [0, 0.05) is 10.6 Å². The summed E-state index contributed by atoms with van der Waals surface area (Å²) in [6.45, 7) is 0. The maximum absolute atomic E-state index is 14.5. The van der Waals surface area contributed by atoms with Crippen LogP contribution >= 0.6 is 7.14 Å². The minimum atomic E-state index is -3.08. The molecule has 0 atom stereocenters. The Labute approximate surface area is 159 Å². The fraction of sp³-hybridized carbons (Fsp3) is 0. The smallest absolute Gasteiger partial charge is 0.174 e. The van der Waals surface area contributed by atoms with Crippen LogP contribution in [0.5, 0.6) is 11.5 Å². The van der Waals surface area contributed by atoms with Gasteiger partial charge in [0.1, 0.15) is 11.5 Å². The van der Waals surface area contributed by atoms with Gasteiger partial charge in [0.15, 0.2) is 7.14 Å². The third kappa shape index (κ3) is 3.45. The topological polar surface area (TPSA) is 26.3 Å². The molecule has 2 nitrogen and oxygen atoms in total. The van der Waals surface area contributed by atoms with Crippen molar-refractivity contribution in [3.63, 3.8) is 0 Å². The lowest BCUT2D eigenvalue weighted by Gasteiger charge is -2.22. The lowest BCUT2D eigenvalue weighted by molar-refractivity contribution is 0.486. The Balaban J connectivity index is 1.91. The van der Waals surface area contributed by atoms with Gasteiger partial charge in [-0.05, 0) is 24.3 Å². The Bertz CT molecular complexity index is 1020. The first-order valence-electron chi connectivity index (χ1n) is 8.82. The quantitative estimate of drug-likeness (QED) is 0.456. The van der Waals surface area contributed by atoms with Gasteiger partial charge in [0.2, 0.25) is 0 Å². The molecule has 0 unspecified atom stereocenters. The van der Waals surface area contributed by atoms with Crippen LogP contribution in [-0.4, -0.2) is 0 Å². The van der Waals surface area contributed by atoms with Gasteiger partial charge in [-0.1, -0.05) is 91.0 Å². The molecule has 0 spiro atoms. The van der Waals surface area contributed by atoms with Crippen LogP contribution in [0.1, 0.15) is 0 Å². The van der Waals surface area contributed by atoms with E-state index >= 15 is 0 Å². The summed E-state index contributed by atoms with van der Waals surface area (Å²) in [7, 11) is -3.08. The van der Waals surface area contributed by atoms with Crippen LogP contribution in [-0.2, 0) is 4.57 Å². The molecule has 132 valence electrons. The van der Waals surface area contributed by atoms with Crippen molar-refractivity contribution in [1.29, 1.82) is 0 Å². The summed E-state index contributed by atoms with van der Waals surface area (Å²) < 4.78 is 20.7. The highest BCUT2D eigenvalue weighted by molar-refractivity contribution is 7.85. The summed E-state index contributed by atoms with van der Waals surface area (Å²) in [5, 5.41) is 2.28. The predicted octanol–water partition coefficient (Wildman–Crippen LogP) is 5.12. The number of para-hydroxylation sites is 2. The highest BCUT2D eigenvalue weighted by atomic mass is 31.2. The van der Waals surface area contributed by atoms with Gasteiger partial charge in [-0.3, -0.25) is 0 Å². The average molecular weight is 370 g/mol. The molecule has 0 radical (unpaired) electrons. The Hall–Kier alpha value is -3.09. The zero-order valence-corrected chi connectivity index (χ0v) is 15.6. The van der Waals surface area contributed by atoms with Gasteiger partial charge in [0.25, 0.3) is 0 Å². The van der Waals surface area contributed by atoms with Crippen molar-refractivity contribution in [2.45, 2.75) is 0 Å². The van der Waals surface area contributed by atoms with Gasteiger partial charge in [-0.2, -0.15) is 0 Å². The third-order valence-corrected chi connectivity index (χ3v) is 7.51. The van der Waals surface area contributed by atoms with E-state index in [0.717, 1.165) is 16.4 Å². The highest BCUT2D eigenvalue weighted by Crippen LogP contribution is 2.45. The Morgan fingerprint density at radius 1 is 0.519 bits per heavy atom. The normalized spacial score (nSPS) is 11.1. The summed E-state index contributed by atoms with van der Waals surface area (Å²) in [4.78, 5) is 0. The molecular formula is C24H19O2P. The molecule has 0 bridgehead atoms. The number of benzene rings is 4. The van der Waals surface area contributed by atoms with Crippen molar-refractivity contribution in [2.75, 3.05) is 0 Å². The second-order valence-electron chi connectivity index (χ2n) is 6.16. The van der Waals surface area contributed by atoms with Crippen molar-refractivity contribution in [3.8, 4) is 11.5 Å². The van der Waals surface area contributed by atoms with E-state index in [1.165, 1.54) is 0 Å². The molecule has 4 aromatic carbocycles. The van der Waals surface area contributed by atoms with Gasteiger partial charge < -0.3 is 9.30 Å². The molecule has 0 fully saturated rings. The Kier molecular flexibility index (Phi) is 4.91. The van der Waals surface area contributed by atoms with Crippen LogP contribution in [0.3, 0.4) is 0 Å². The van der Waals surface area contributed by atoms with Crippen molar-refractivity contribution in [2.24, 2.45) is 0 Å². The predicted molar refractivity (Wildman–Crippen MR) is 112 cm³/mol. The standard InChI is InChI=1S/C24H19O2P/c25-27(21-14-6-2-7-15-21,22-16-8-3-9-17-22)24-19-11-10-18-23(24)26-20-12-4-1-5-13-20/h1-19H. The summed E-state index contributed by atoms with van der Waals surface area (Å²) >= 11 is 0. The van der Waals surface area contributed by atoms with Crippen molar-refractivity contribution < 1.29 is 9.30 Å². The first-order valence-corrected chi connectivity index (χ1v) is 10.5. The number of hydrogen-bond donors (Lipinski definition) is 0. The van der Waals surface area contributed by atoms with Crippen LogP contribution in [0.15, 0.2) is 115 Å². The van der Waals surface area contributed by atoms with Crippen LogP contribution in [0.25, 0.3) is 0 Å². The second-order valence-corrected chi connectivity index (χ2v) is 8.90. The molecule has 4 rings (SSSR count). The van der Waals surface area contributed by atoms with Gasteiger partial charge in [-0.25, -0.2) is 0 Å². The van der Waals surface area contributed by atoms with Crippen molar-refractivity contribution in [1.82, 2.24) is 0 Å². The minimum Gasteiger partial charge on any atom is -0.457 e. The molecule has 0 heterocycles. The summed E-state index contributed by atoms with van der Waals surface area (Å²) in [5.41, 5.74) is 0. The van der Waals surface area contributed by atoms with Crippen molar-refractivity contribution in [3.05, 3.63) is 115 Å². The Morgan fingerprint density at radius 2 is 0.963 bits per heavy atom. The van der Waals surface area contributed by atoms with Crippen molar-refractivity contribution >= 4 is 23.1 Å². The Morgan fingerprint density at radius 3 is 1.52 bits per heavy atom. The van der Waals surface area contributed by atoms with E-state index in [1.807, 2.05) is 115 Å². The summed E-state index contributed by atoms with van der Waals surface area (Å²) in [6, 6.07) is 36.4. The zero-order valence-electron chi connectivity index (χ0n) is 14.7. The lowest BCUT2D eigenvalue weighted by atomic mass is 10.3. The first-order chi connectivity index (χ1) is 13.3. The molecule has 0 aliphatic carbocycles. The van der Waals surface area contributed by atoms with E-state index in [-0.39, 0.29) is 0 Å². The summed E-state index contributed by atoms with van der Waals surface area (Å²) in [5.74, 6) is 1.33. The van der Waals surface area contributed by atoms with Gasteiger partial charge in [-0.15, -0.1) is 0 Å². The largest absolute Gasteiger partial charge is 0.457 e. The fourth-order valence-corrected chi connectivity index (χ4v) is 5.89. The van der Waals surface area contributed by atoms with Crippen LogP contribution in [0.4, 0.5) is 0 Å². The van der Waals surface area contributed by atoms with E-state index < -0.39 is 7.14 Å². The number of rotatable bonds is 5. The number of ether oxygens (including phenoxy) is 1. The van der Waals surface area contributed by atoms with Gasteiger partial charge in [0.05, 0.1) is 5.30 Å². The molecule has 0 saturated carbocycles. The maximum atomic E-state index is 14.5. The minimum absolute atomic E-state index is 0.611. The van der Waals surface area contributed by atoms with E-state index in [1.54, 1.807) is 0 Å². The fourth-order valence-electron chi connectivity index (χ4n) is 3.12. The van der Waals surface area contributed by atoms with E-state index in [4.69, 9.17) is 4.74 Å². The summed E-state index contributed by atoms with van der Waals surface area (Å²) in [6.07, 6.45) is 0. The van der Waals surface area contributed by atoms with Crippen LogP contribution in [0.2, 0.25) is 0 Å². The highest BCUT2D eigenvalue weighted by Gasteiger charge is 2.32. The average Bonchev–Trinajstić information content (AvgIpc) is 2.75. The van der Waals surface area contributed by atoms with Crippen LogP contribution < -0.4 is 20.7 Å². The molecule has 0 N–H and O–H groups in total. The molecule has 0 saturated heterocycles. The second kappa shape index (κ2) is 7.65. The molecule has 3 heteroatoms. The first kappa shape index (κ1) is 17.3.